The van der Waals surface area contributed by atoms with Gasteiger partial charge in [0.15, 0.2) is 5.13 Å². The quantitative estimate of drug-likeness (QED) is 0.936. The molecule has 1 N–H and O–H groups in total. The Morgan fingerprint density at radius 1 is 1.44 bits per heavy atom. The van der Waals surface area contributed by atoms with E-state index in [1.54, 1.807) is 12.1 Å². The molecule has 0 saturated carbocycles. The number of anilines is 1. The van der Waals surface area contributed by atoms with Crippen LogP contribution in [-0.2, 0) is 4.79 Å². The van der Waals surface area contributed by atoms with Gasteiger partial charge in [0.05, 0.1) is 11.4 Å². The molecule has 1 aromatic heterocycles. The largest absolute Gasteiger partial charge is 0.301 e. The summed E-state index contributed by atoms with van der Waals surface area (Å²) in [5.74, 6) is 0.0656. The van der Waals surface area contributed by atoms with Gasteiger partial charge >= 0.3 is 0 Å². The number of aromatic nitrogens is 1. The summed E-state index contributed by atoms with van der Waals surface area (Å²) in [6.45, 7) is 0. The van der Waals surface area contributed by atoms with E-state index in [2.05, 4.69) is 10.3 Å². The minimum absolute atomic E-state index is 0.0671. The van der Waals surface area contributed by atoms with Gasteiger partial charge < -0.3 is 5.32 Å². The molecule has 0 aliphatic heterocycles. The number of hydrogen-bond acceptors (Lipinski definition) is 4. The molecule has 0 aliphatic rings. The third kappa shape index (κ3) is 3.30. The fourth-order valence-corrected chi connectivity index (χ4v) is 2.44. The highest BCUT2D eigenvalue weighted by Crippen LogP contribution is 2.24. The van der Waals surface area contributed by atoms with Gasteiger partial charge in [-0.15, -0.1) is 11.3 Å². The predicted molar refractivity (Wildman–Crippen MR) is 74.5 cm³/mol. The number of benzene rings is 1. The number of thiazole rings is 1. The van der Waals surface area contributed by atoms with Crippen LogP contribution in [0.2, 0.25) is 0 Å². The molecule has 1 amide bonds. The first-order chi connectivity index (χ1) is 8.69. The van der Waals surface area contributed by atoms with Crippen molar-refractivity contribution < 1.29 is 9.18 Å². The van der Waals surface area contributed by atoms with Gasteiger partial charge in [0.25, 0.3) is 0 Å². The minimum Gasteiger partial charge on any atom is -0.301 e. The van der Waals surface area contributed by atoms with Gasteiger partial charge in [0.2, 0.25) is 5.91 Å². The first-order valence-electron chi connectivity index (χ1n) is 5.19. The molecular weight excluding hydrogens is 271 g/mol. The van der Waals surface area contributed by atoms with Crippen molar-refractivity contribution in [3.05, 3.63) is 35.5 Å². The number of carbonyl (C=O) groups excluding carboxylic acids is 1. The highest BCUT2D eigenvalue weighted by molar-refractivity contribution is 7.99. The monoisotopic (exact) mass is 282 g/mol. The van der Waals surface area contributed by atoms with Crippen LogP contribution in [0.15, 0.2) is 29.6 Å². The average molecular weight is 282 g/mol. The number of thioether (sulfide) groups is 1. The first-order valence-corrected chi connectivity index (χ1v) is 7.46. The number of nitrogens with zero attached hydrogens (tertiary/aromatic N) is 1. The maximum Gasteiger partial charge on any atom is 0.236 e. The molecule has 3 nitrogen and oxygen atoms in total. The summed E-state index contributed by atoms with van der Waals surface area (Å²) in [6, 6.07) is 6.11. The van der Waals surface area contributed by atoms with E-state index < -0.39 is 0 Å². The SMILES string of the molecule is CSCC(=O)Nc1nc(-c2ccc(F)cc2)cs1. The van der Waals surface area contributed by atoms with E-state index in [-0.39, 0.29) is 11.7 Å². The number of halogens is 1. The zero-order valence-corrected chi connectivity index (χ0v) is 11.3. The number of hydrogen-bond donors (Lipinski definition) is 1. The van der Waals surface area contributed by atoms with Gasteiger partial charge in [-0.3, -0.25) is 4.79 Å². The summed E-state index contributed by atoms with van der Waals surface area (Å²) >= 11 is 2.81. The van der Waals surface area contributed by atoms with Gasteiger partial charge in [-0.2, -0.15) is 11.8 Å². The molecule has 94 valence electrons. The van der Waals surface area contributed by atoms with Crippen LogP contribution in [0, 0.1) is 5.82 Å². The van der Waals surface area contributed by atoms with E-state index in [1.807, 2.05) is 11.6 Å². The van der Waals surface area contributed by atoms with Crippen LogP contribution in [0.3, 0.4) is 0 Å². The number of carbonyl (C=O) groups is 1. The Balaban J connectivity index is 2.10. The molecule has 0 atom stereocenters. The van der Waals surface area contributed by atoms with Crippen molar-refractivity contribution in [1.29, 1.82) is 0 Å². The maximum atomic E-state index is 12.8. The highest BCUT2D eigenvalue weighted by Gasteiger charge is 2.07. The summed E-state index contributed by atoms with van der Waals surface area (Å²) in [6.07, 6.45) is 1.87. The predicted octanol–water partition coefficient (Wildman–Crippen LogP) is 3.25. The lowest BCUT2D eigenvalue weighted by Crippen LogP contribution is -2.13. The zero-order chi connectivity index (χ0) is 13.0. The average Bonchev–Trinajstić information content (AvgIpc) is 2.78. The van der Waals surface area contributed by atoms with Crippen molar-refractivity contribution in [2.24, 2.45) is 0 Å². The van der Waals surface area contributed by atoms with Crippen LogP contribution in [0.1, 0.15) is 0 Å². The molecule has 6 heteroatoms. The van der Waals surface area contributed by atoms with Crippen molar-refractivity contribution in [2.75, 3.05) is 17.3 Å². The Hall–Kier alpha value is -1.40. The summed E-state index contributed by atoms with van der Waals surface area (Å²) < 4.78 is 12.8. The van der Waals surface area contributed by atoms with Gasteiger partial charge in [-0.25, -0.2) is 9.37 Å². The van der Waals surface area contributed by atoms with Gasteiger partial charge in [0, 0.05) is 10.9 Å². The van der Waals surface area contributed by atoms with E-state index in [0.717, 1.165) is 11.3 Å². The van der Waals surface area contributed by atoms with Crippen molar-refractivity contribution in [1.82, 2.24) is 4.98 Å². The zero-order valence-electron chi connectivity index (χ0n) is 9.64. The number of nitrogens with one attached hydrogen (secondary N) is 1. The number of amides is 1. The van der Waals surface area contributed by atoms with Gasteiger partial charge in [0.1, 0.15) is 5.82 Å². The van der Waals surface area contributed by atoms with E-state index in [9.17, 15) is 9.18 Å². The van der Waals surface area contributed by atoms with Crippen molar-refractivity contribution in [3.8, 4) is 11.3 Å². The molecule has 0 bridgehead atoms. The molecule has 0 radical (unpaired) electrons. The molecule has 18 heavy (non-hydrogen) atoms. The molecule has 1 heterocycles. The minimum atomic E-state index is -0.275. The first kappa shape index (κ1) is 13.0. The van der Waals surface area contributed by atoms with Crippen LogP contribution < -0.4 is 5.32 Å². The topological polar surface area (TPSA) is 42.0 Å². The van der Waals surface area contributed by atoms with Crippen LogP contribution >= 0.6 is 23.1 Å². The Bertz CT molecular complexity index is 539. The van der Waals surface area contributed by atoms with Crippen molar-refractivity contribution >= 4 is 34.1 Å². The van der Waals surface area contributed by atoms with E-state index in [1.165, 1.54) is 35.2 Å². The lowest BCUT2D eigenvalue weighted by atomic mass is 10.2. The fraction of sp³-hybridized carbons (Fsp3) is 0.167. The van der Waals surface area contributed by atoms with E-state index in [4.69, 9.17) is 0 Å². The van der Waals surface area contributed by atoms with Gasteiger partial charge in [-0.05, 0) is 30.5 Å². The van der Waals surface area contributed by atoms with E-state index in [0.29, 0.717) is 10.9 Å². The summed E-state index contributed by atoms with van der Waals surface area (Å²) in [5.41, 5.74) is 1.57. The Labute approximate surface area is 112 Å². The molecule has 0 saturated heterocycles. The Morgan fingerprint density at radius 2 is 2.17 bits per heavy atom. The lowest BCUT2D eigenvalue weighted by Gasteiger charge is -1.98. The summed E-state index contributed by atoms with van der Waals surface area (Å²) in [4.78, 5) is 15.7. The maximum absolute atomic E-state index is 12.8. The molecule has 1 aromatic carbocycles. The summed E-state index contributed by atoms with van der Waals surface area (Å²) in [7, 11) is 0. The Kier molecular flexibility index (Phi) is 4.33. The van der Waals surface area contributed by atoms with Crippen LogP contribution in [0.25, 0.3) is 11.3 Å². The van der Waals surface area contributed by atoms with Crippen molar-refractivity contribution in [3.63, 3.8) is 0 Å². The lowest BCUT2D eigenvalue weighted by molar-refractivity contribution is -0.113. The molecule has 0 fully saturated rings. The molecular formula is C12H11FN2OS2. The smallest absolute Gasteiger partial charge is 0.236 e. The van der Waals surface area contributed by atoms with Crippen molar-refractivity contribution in [2.45, 2.75) is 0 Å². The van der Waals surface area contributed by atoms with Crippen LogP contribution in [-0.4, -0.2) is 22.9 Å². The van der Waals surface area contributed by atoms with Crippen LogP contribution in [0.5, 0.6) is 0 Å². The molecule has 0 unspecified atom stereocenters. The molecule has 2 aromatic rings. The highest BCUT2D eigenvalue weighted by atomic mass is 32.2. The fourth-order valence-electron chi connectivity index (χ4n) is 1.37. The standard InChI is InChI=1S/C12H11FN2OS2/c1-17-7-11(16)15-12-14-10(6-18-12)8-2-4-9(13)5-3-8/h2-6H,7H2,1H3,(H,14,15,16). The third-order valence-electron chi connectivity index (χ3n) is 2.17. The van der Waals surface area contributed by atoms with E-state index >= 15 is 0 Å². The molecule has 0 aliphatic carbocycles. The molecule has 2 rings (SSSR count). The Morgan fingerprint density at radius 3 is 2.83 bits per heavy atom. The molecule has 0 spiro atoms. The second kappa shape index (κ2) is 5.97. The summed E-state index contributed by atoms with van der Waals surface area (Å²) in [5, 5.41) is 5.12. The normalized spacial score (nSPS) is 10.3. The number of rotatable bonds is 4. The van der Waals surface area contributed by atoms with Crippen LogP contribution in [0.4, 0.5) is 9.52 Å². The van der Waals surface area contributed by atoms with Gasteiger partial charge in [-0.1, -0.05) is 0 Å². The second-order valence-electron chi connectivity index (χ2n) is 3.53. The second-order valence-corrected chi connectivity index (χ2v) is 5.25. The third-order valence-corrected chi connectivity index (χ3v) is 3.47.